The van der Waals surface area contributed by atoms with Gasteiger partial charge in [-0.05, 0) is 51.0 Å². The number of nitrogens with zero attached hydrogens (tertiary/aromatic N) is 4. The fraction of sp³-hybridized carbons (Fsp3) is 0.286. The number of hydrogen-bond acceptors (Lipinski definition) is 6. The molecule has 7 nitrogen and oxygen atoms in total. The molecule has 0 aliphatic rings. The lowest BCUT2D eigenvalue weighted by molar-refractivity contribution is 0.133. The molecule has 0 saturated heterocycles. The molecule has 0 bridgehead atoms. The van der Waals surface area contributed by atoms with Gasteiger partial charge in [0.05, 0.1) is 17.7 Å². The fourth-order valence-electron chi connectivity index (χ4n) is 3.65. The van der Waals surface area contributed by atoms with Gasteiger partial charge in [0.1, 0.15) is 23.5 Å². The largest absolute Gasteiger partial charge is 0.508 e. The Morgan fingerprint density at radius 2 is 1.93 bits per heavy atom. The number of anilines is 1. The summed E-state index contributed by atoms with van der Waals surface area (Å²) in [6, 6.07) is 5.64. The van der Waals surface area contributed by atoms with Crippen LogP contribution in [0.4, 0.5) is 5.82 Å². The summed E-state index contributed by atoms with van der Waals surface area (Å²) in [7, 11) is 0. The van der Waals surface area contributed by atoms with Crippen LogP contribution in [0.2, 0.25) is 0 Å². The summed E-state index contributed by atoms with van der Waals surface area (Å²) in [4.78, 5) is 13.6. The summed E-state index contributed by atoms with van der Waals surface area (Å²) in [6.07, 6.45) is 1.45. The molecule has 3 aromatic heterocycles. The lowest BCUT2D eigenvalue weighted by atomic mass is 10.1. The quantitative estimate of drug-likeness (QED) is 0.562. The molecule has 4 aromatic rings. The van der Waals surface area contributed by atoms with Crippen molar-refractivity contribution in [3.63, 3.8) is 0 Å². The Kier molecular flexibility index (Phi) is 4.39. The topological polar surface area (TPSA) is 99.1 Å². The van der Waals surface area contributed by atoms with E-state index in [0.29, 0.717) is 24.7 Å². The zero-order valence-electron chi connectivity index (χ0n) is 16.4. The first-order chi connectivity index (χ1) is 13.4. The van der Waals surface area contributed by atoms with Gasteiger partial charge in [-0.15, -0.1) is 0 Å². The number of benzene rings is 1. The van der Waals surface area contributed by atoms with E-state index in [9.17, 15) is 5.11 Å². The van der Waals surface area contributed by atoms with E-state index in [1.165, 1.54) is 6.33 Å². The molecule has 144 valence electrons. The Balaban J connectivity index is 2.16. The van der Waals surface area contributed by atoms with E-state index in [1.807, 2.05) is 38.3 Å². The van der Waals surface area contributed by atoms with Crippen LogP contribution >= 0.6 is 0 Å². The highest BCUT2D eigenvalue weighted by Gasteiger charge is 2.21. The average Bonchev–Trinajstić information content (AvgIpc) is 2.98. The highest BCUT2D eigenvalue weighted by atomic mass is 16.5. The number of aromatic nitrogens is 4. The van der Waals surface area contributed by atoms with Crippen molar-refractivity contribution >= 4 is 27.9 Å². The number of pyridine rings is 1. The van der Waals surface area contributed by atoms with Crippen molar-refractivity contribution in [2.75, 3.05) is 12.3 Å². The Hall–Kier alpha value is -3.19. The maximum atomic E-state index is 10.3. The summed E-state index contributed by atoms with van der Waals surface area (Å²) in [5, 5.41) is 11.9. The molecule has 0 atom stereocenters. The van der Waals surface area contributed by atoms with Crippen LogP contribution in [0.5, 0.6) is 5.75 Å². The van der Waals surface area contributed by atoms with Gasteiger partial charge in [0, 0.05) is 23.3 Å². The minimum Gasteiger partial charge on any atom is -0.508 e. The standard InChI is InChI=1S/C21H23N5O2/c1-5-28-9-14-8-15-17-19(22)23-10-24-21(17)26(20(15)25-13(14)4)18-11(2)6-7-16(27)12(18)3/h6-8,10,27H,5,9H2,1-4H3,(H2,22,23,24). The van der Waals surface area contributed by atoms with Crippen LogP contribution in [0.15, 0.2) is 24.5 Å². The molecule has 1 aromatic carbocycles. The maximum Gasteiger partial charge on any atom is 0.152 e. The normalized spacial score (nSPS) is 11.6. The molecule has 0 aliphatic carbocycles. The van der Waals surface area contributed by atoms with Crippen LogP contribution in [-0.4, -0.2) is 31.2 Å². The molecular weight excluding hydrogens is 354 g/mol. The fourth-order valence-corrected chi connectivity index (χ4v) is 3.65. The van der Waals surface area contributed by atoms with Gasteiger partial charge in [0.2, 0.25) is 0 Å². The first kappa shape index (κ1) is 18.2. The number of aryl methyl sites for hydroxylation is 2. The van der Waals surface area contributed by atoms with Gasteiger partial charge in [-0.3, -0.25) is 4.57 Å². The number of aromatic hydroxyl groups is 1. The molecule has 0 amide bonds. The highest BCUT2D eigenvalue weighted by Crippen LogP contribution is 2.37. The van der Waals surface area contributed by atoms with E-state index >= 15 is 0 Å². The van der Waals surface area contributed by atoms with Crippen molar-refractivity contribution in [3.05, 3.63) is 46.9 Å². The number of hydrogen-bond donors (Lipinski definition) is 2. The van der Waals surface area contributed by atoms with E-state index < -0.39 is 0 Å². The van der Waals surface area contributed by atoms with Gasteiger partial charge < -0.3 is 15.6 Å². The molecule has 0 aliphatic heterocycles. The molecule has 7 heteroatoms. The molecule has 0 fully saturated rings. The van der Waals surface area contributed by atoms with Crippen LogP contribution in [0.3, 0.4) is 0 Å². The highest BCUT2D eigenvalue weighted by molar-refractivity contribution is 6.11. The Morgan fingerprint density at radius 1 is 1.14 bits per heavy atom. The summed E-state index contributed by atoms with van der Waals surface area (Å²) in [5.74, 6) is 0.625. The maximum absolute atomic E-state index is 10.3. The van der Waals surface area contributed by atoms with Crippen LogP contribution in [0.25, 0.3) is 27.8 Å². The second-order valence-corrected chi connectivity index (χ2v) is 6.91. The first-order valence-corrected chi connectivity index (χ1v) is 9.22. The van der Waals surface area contributed by atoms with E-state index in [2.05, 4.69) is 16.0 Å². The van der Waals surface area contributed by atoms with Crippen LogP contribution < -0.4 is 5.73 Å². The number of fused-ring (bicyclic) bond motifs is 3. The first-order valence-electron chi connectivity index (χ1n) is 9.22. The van der Waals surface area contributed by atoms with E-state index in [4.69, 9.17) is 15.5 Å². The zero-order chi connectivity index (χ0) is 20.0. The third-order valence-electron chi connectivity index (χ3n) is 5.14. The van der Waals surface area contributed by atoms with Crippen LogP contribution in [0.1, 0.15) is 29.3 Å². The van der Waals surface area contributed by atoms with Gasteiger partial charge in [-0.25, -0.2) is 15.0 Å². The van der Waals surface area contributed by atoms with Crippen molar-refractivity contribution < 1.29 is 9.84 Å². The third kappa shape index (κ3) is 2.66. The second-order valence-electron chi connectivity index (χ2n) is 6.91. The van der Waals surface area contributed by atoms with Gasteiger partial charge in [0.25, 0.3) is 0 Å². The van der Waals surface area contributed by atoms with E-state index in [-0.39, 0.29) is 5.75 Å². The molecule has 0 spiro atoms. The molecule has 0 unspecified atom stereocenters. The van der Waals surface area contributed by atoms with E-state index in [1.54, 1.807) is 6.07 Å². The minimum absolute atomic E-state index is 0.224. The number of ether oxygens (including phenoxy) is 1. The van der Waals surface area contributed by atoms with Gasteiger partial charge in [0.15, 0.2) is 5.65 Å². The summed E-state index contributed by atoms with van der Waals surface area (Å²) >= 11 is 0. The van der Waals surface area contributed by atoms with Crippen molar-refractivity contribution in [2.24, 2.45) is 0 Å². The molecule has 3 N–H and O–H groups in total. The summed E-state index contributed by atoms with van der Waals surface area (Å²) < 4.78 is 7.56. The number of nitrogens with two attached hydrogens (primary N) is 1. The molecule has 0 radical (unpaired) electrons. The van der Waals surface area contributed by atoms with Gasteiger partial charge in [-0.1, -0.05) is 6.07 Å². The van der Waals surface area contributed by atoms with Crippen molar-refractivity contribution in [3.8, 4) is 11.4 Å². The smallest absolute Gasteiger partial charge is 0.152 e. The molecule has 4 rings (SSSR count). The number of rotatable bonds is 4. The average molecular weight is 377 g/mol. The Bertz CT molecular complexity index is 1210. The lowest BCUT2D eigenvalue weighted by Gasteiger charge is -2.15. The Morgan fingerprint density at radius 3 is 2.68 bits per heavy atom. The van der Waals surface area contributed by atoms with Crippen LogP contribution in [0, 0.1) is 20.8 Å². The van der Waals surface area contributed by atoms with Gasteiger partial charge >= 0.3 is 0 Å². The summed E-state index contributed by atoms with van der Waals surface area (Å²) in [5.41, 5.74) is 12.1. The van der Waals surface area contributed by atoms with Crippen molar-refractivity contribution in [2.45, 2.75) is 34.3 Å². The van der Waals surface area contributed by atoms with Crippen molar-refractivity contribution in [1.82, 2.24) is 19.5 Å². The molecule has 3 heterocycles. The SMILES string of the molecule is CCOCc1cc2c3c(N)ncnc3n(-c3c(C)ccc(O)c3C)c2nc1C. The van der Waals surface area contributed by atoms with Crippen molar-refractivity contribution in [1.29, 1.82) is 0 Å². The number of phenolic OH excluding ortho intramolecular Hbond substituents is 1. The minimum atomic E-state index is 0.224. The zero-order valence-corrected chi connectivity index (χ0v) is 16.4. The molecular formula is C21H23N5O2. The number of phenols is 1. The van der Waals surface area contributed by atoms with E-state index in [0.717, 1.165) is 44.5 Å². The molecule has 28 heavy (non-hydrogen) atoms. The third-order valence-corrected chi connectivity index (χ3v) is 5.14. The monoisotopic (exact) mass is 377 g/mol. The van der Waals surface area contributed by atoms with Gasteiger partial charge in [-0.2, -0.15) is 0 Å². The second kappa shape index (κ2) is 6.76. The Labute approximate surface area is 162 Å². The number of nitrogen functional groups attached to an aromatic ring is 1. The molecule has 0 saturated carbocycles. The van der Waals surface area contributed by atoms with Crippen LogP contribution in [-0.2, 0) is 11.3 Å². The summed E-state index contributed by atoms with van der Waals surface area (Å²) in [6.45, 7) is 8.93. The predicted molar refractivity (Wildman–Crippen MR) is 110 cm³/mol. The predicted octanol–water partition coefficient (Wildman–Crippen LogP) is 3.72. The lowest BCUT2D eigenvalue weighted by Crippen LogP contribution is -2.04.